The van der Waals surface area contributed by atoms with Crippen LogP contribution >= 0.6 is 11.6 Å². The molecule has 214 valence electrons. The van der Waals surface area contributed by atoms with Crippen LogP contribution in [0.5, 0.6) is 0 Å². The summed E-state index contributed by atoms with van der Waals surface area (Å²) < 4.78 is 5.62. The van der Waals surface area contributed by atoms with E-state index in [9.17, 15) is 4.79 Å². The van der Waals surface area contributed by atoms with Gasteiger partial charge in [-0.1, -0.05) is 54.8 Å². The summed E-state index contributed by atoms with van der Waals surface area (Å²) in [4.78, 5) is 33.7. The van der Waals surface area contributed by atoms with E-state index in [1.807, 2.05) is 6.07 Å². The quantitative estimate of drug-likeness (QED) is 0.442. The van der Waals surface area contributed by atoms with Crippen LogP contribution < -0.4 is 5.32 Å². The minimum atomic E-state index is -1.82. The van der Waals surface area contributed by atoms with Crippen molar-refractivity contribution in [3.8, 4) is 0 Å². The van der Waals surface area contributed by atoms with Gasteiger partial charge in [0.25, 0.3) is 0 Å². The Labute approximate surface area is 239 Å². The van der Waals surface area contributed by atoms with E-state index in [2.05, 4.69) is 46.6 Å². The number of hydrogen-bond donors (Lipinski definition) is 3. The predicted molar refractivity (Wildman–Crippen MR) is 151 cm³/mol. The molecule has 1 saturated heterocycles. The number of carboxylic acid groups (broad SMARTS) is 2. The Hall–Kier alpha value is -2.94. The third kappa shape index (κ3) is 5.49. The molecule has 4 aliphatic rings. The summed E-state index contributed by atoms with van der Waals surface area (Å²) in [5, 5.41) is 18.9. The van der Waals surface area contributed by atoms with Crippen LogP contribution in [-0.2, 0) is 24.5 Å². The van der Waals surface area contributed by atoms with Crippen LogP contribution in [0.15, 0.2) is 42.5 Å². The molecular formula is C31H37ClN2O6. The summed E-state index contributed by atoms with van der Waals surface area (Å²) in [5.41, 5.74) is 5.91. The number of carbonyl (C=O) groups is 3. The second kappa shape index (κ2) is 11.9. The molecule has 3 aliphatic carbocycles. The number of nitrogens with zero attached hydrogens (tertiary/aromatic N) is 1. The van der Waals surface area contributed by atoms with E-state index in [0.29, 0.717) is 11.8 Å². The second-order valence-electron chi connectivity index (χ2n) is 11.5. The number of aliphatic carboxylic acids is 2. The maximum atomic E-state index is 12.9. The van der Waals surface area contributed by atoms with Crippen molar-refractivity contribution in [2.75, 3.05) is 26.7 Å². The zero-order valence-corrected chi connectivity index (χ0v) is 23.5. The molecule has 0 spiro atoms. The standard InChI is InChI=1S/C29H35ClN2O2.C2H2O4/c1-34-27(19-6-2-3-7-19)28(33)31-21-12-14-32(15-13-21)18-29-17-24(22-8-4-5-9-25(22)29)23-11-10-20(30)16-26(23)29;3-1(4)2(5)6/h4-5,8-11,16,19,21,24,27H,2-3,6-7,12-15,17-18H2,1H3,(H,31,33);(H,3,4)(H,5,6). The molecule has 1 heterocycles. The van der Waals surface area contributed by atoms with Crippen molar-refractivity contribution in [2.24, 2.45) is 5.92 Å². The highest BCUT2D eigenvalue weighted by molar-refractivity contribution is 6.30. The smallest absolute Gasteiger partial charge is 0.414 e. The molecule has 1 aliphatic heterocycles. The lowest BCUT2D eigenvalue weighted by molar-refractivity contribution is -0.159. The monoisotopic (exact) mass is 568 g/mol. The number of rotatable bonds is 6. The largest absolute Gasteiger partial charge is 0.473 e. The number of fused-ring (bicyclic) bond motifs is 8. The minimum absolute atomic E-state index is 0.0290. The molecule has 8 nitrogen and oxygen atoms in total. The van der Waals surface area contributed by atoms with E-state index in [-0.39, 0.29) is 23.5 Å². The first-order valence-electron chi connectivity index (χ1n) is 14.1. The number of carboxylic acids is 2. The summed E-state index contributed by atoms with van der Waals surface area (Å²) >= 11 is 6.48. The SMILES string of the molecule is COC(C(=O)NC1CCN(CC23CC(c4ccccc42)c2ccc(Cl)cc23)CC1)C1CCCC1.O=C(O)C(=O)O. The van der Waals surface area contributed by atoms with Crippen LogP contribution in [0.4, 0.5) is 0 Å². The van der Waals surface area contributed by atoms with Crippen molar-refractivity contribution >= 4 is 29.4 Å². The van der Waals surface area contributed by atoms with Crippen molar-refractivity contribution in [1.29, 1.82) is 0 Å². The topological polar surface area (TPSA) is 116 Å². The summed E-state index contributed by atoms with van der Waals surface area (Å²) in [6.07, 6.45) is 7.52. The number of nitrogens with one attached hydrogen (secondary N) is 1. The fourth-order valence-electron chi connectivity index (χ4n) is 7.49. The molecule has 2 fully saturated rings. The van der Waals surface area contributed by atoms with E-state index < -0.39 is 11.9 Å². The van der Waals surface area contributed by atoms with Crippen molar-refractivity contribution < 1.29 is 29.3 Å². The number of piperidine rings is 1. The van der Waals surface area contributed by atoms with Gasteiger partial charge in [-0.25, -0.2) is 9.59 Å². The zero-order valence-electron chi connectivity index (χ0n) is 22.8. The molecule has 0 radical (unpaired) electrons. The first-order valence-corrected chi connectivity index (χ1v) is 14.5. The van der Waals surface area contributed by atoms with Crippen LogP contribution in [0.1, 0.15) is 73.1 Å². The third-order valence-corrected chi connectivity index (χ3v) is 9.50. The van der Waals surface area contributed by atoms with Crippen molar-refractivity contribution in [2.45, 2.75) is 68.4 Å². The van der Waals surface area contributed by atoms with Gasteiger partial charge in [-0.05, 0) is 72.4 Å². The van der Waals surface area contributed by atoms with Gasteiger partial charge in [-0.2, -0.15) is 0 Å². The predicted octanol–water partition coefficient (Wildman–Crippen LogP) is 4.42. The number of benzene rings is 2. The summed E-state index contributed by atoms with van der Waals surface area (Å²) in [6.45, 7) is 3.05. The van der Waals surface area contributed by atoms with Gasteiger partial charge < -0.3 is 25.2 Å². The fourth-order valence-corrected chi connectivity index (χ4v) is 7.67. The lowest BCUT2D eigenvalue weighted by Crippen LogP contribution is -2.51. The second-order valence-corrected chi connectivity index (χ2v) is 12.0. The lowest BCUT2D eigenvalue weighted by Gasteiger charge is -2.40. The lowest BCUT2D eigenvalue weighted by atomic mass is 9.74. The van der Waals surface area contributed by atoms with Crippen LogP contribution in [0.3, 0.4) is 0 Å². The maximum Gasteiger partial charge on any atom is 0.414 e. The summed E-state index contributed by atoms with van der Waals surface area (Å²) in [6, 6.07) is 15.8. The van der Waals surface area contributed by atoms with Gasteiger partial charge in [-0.15, -0.1) is 0 Å². The maximum absolute atomic E-state index is 12.9. The summed E-state index contributed by atoms with van der Waals surface area (Å²) in [7, 11) is 1.68. The van der Waals surface area contributed by atoms with E-state index in [0.717, 1.165) is 56.8 Å². The molecule has 3 atom stereocenters. The number of carbonyl (C=O) groups excluding carboxylic acids is 1. The van der Waals surface area contributed by atoms with E-state index in [1.54, 1.807) is 7.11 Å². The van der Waals surface area contributed by atoms with Gasteiger partial charge in [0.1, 0.15) is 6.10 Å². The van der Waals surface area contributed by atoms with Gasteiger partial charge in [0.15, 0.2) is 0 Å². The Morgan fingerprint density at radius 3 is 2.30 bits per heavy atom. The third-order valence-electron chi connectivity index (χ3n) is 9.26. The Balaban J connectivity index is 0.000000487. The van der Waals surface area contributed by atoms with E-state index >= 15 is 0 Å². The molecule has 40 heavy (non-hydrogen) atoms. The zero-order chi connectivity index (χ0) is 28.4. The molecule has 1 saturated carbocycles. The van der Waals surface area contributed by atoms with Crippen molar-refractivity contribution in [3.63, 3.8) is 0 Å². The fraction of sp³-hybridized carbons (Fsp3) is 0.516. The first kappa shape index (κ1) is 28.6. The number of likely N-dealkylation sites (tertiary alicyclic amines) is 1. The highest BCUT2D eigenvalue weighted by Crippen LogP contribution is 2.60. The number of halogens is 1. The van der Waals surface area contributed by atoms with Gasteiger partial charge >= 0.3 is 11.9 Å². The van der Waals surface area contributed by atoms with E-state index in [1.165, 1.54) is 35.1 Å². The van der Waals surface area contributed by atoms with Crippen molar-refractivity contribution in [3.05, 3.63) is 69.7 Å². The van der Waals surface area contributed by atoms with Crippen LogP contribution in [0.25, 0.3) is 0 Å². The molecule has 2 aromatic rings. The molecule has 3 unspecified atom stereocenters. The van der Waals surface area contributed by atoms with E-state index in [4.69, 9.17) is 36.1 Å². The molecule has 6 rings (SSSR count). The average Bonchev–Trinajstić information content (AvgIpc) is 3.65. The van der Waals surface area contributed by atoms with Crippen LogP contribution in [-0.4, -0.2) is 71.8 Å². The van der Waals surface area contributed by atoms with Crippen LogP contribution in [0, 0.1) is 5.92 Å². The average molecular weight is 569 g/mol. The molecular weight excluding hydrogens is 532 g/mol. The Kier molecular flexibility index (Phi) is 8.50. The number of hydrogen-bond acceptors (Lipinski definition) is 5. The number of amides is 1. The number of ether oxygens (including phenoxy) is 1. The first-order chi connectivity index (χ1) is 19.2. The van der Waals surface area contributed by atoms with Crippen LogP contribution in [0.2, 0.25) is 5.02 Å². The number of methoxy groups -OCH3 is 1. The van der Waals surface area contributed by atoms with Gasteiger partial charge in [0.05, 0.1) is 0 Å². The minimum Gasteiger partial charge on any atom is -0.473 e. The Bertz CT molecular complexity index is 1260. The Morgan fingerprint density at radius 2 is 1.65 bits per heavy atom. The van der Waals surface area contributed by atoms with Gasteiger partial charge in [0, 0.05) is 49.1 Å². The Morgan fingerprint density at radius 1 is 1.00 bits per heavy atom. The molecule has 2 bridgehead atoms. The summed E-state index contributed by atoms with van der Waals surface area (Å²) in [5.74, 6) is -2.68. The normalized spacial score (nSPS) is 24.5. The highest BCUT2D eigenvalue weighted by Gasteiger charge is 2.53. The molecule has 2 aromatic carbocycles. The van der Waals surface area contributed by atoms with Crippen molar-refractivity contribution in [1.82, 2.24) is 10.2 Å². The molecule has 0 aromatic heterocycles. The highest BCUT2D eigenvalue weighted by atomic mass is 35.5. The van der Waals surface area contributed by atoms with Gasteiger partial charge in [-0.3, -0.25) is 4.79 Å². The molecule has 9 heteroatoms. The van der Waals surface area contributed by atoms with Gasteiger partial charge in [0.2, 0.25) is 5.91 Å². The molecule has 3 N–H and O–H groups in total. The molecule has 1 amide bonds.